The molecule has 0 amide bonds. The highest BCUT2D eigenvalue weighted by Crippen LogP contribution is 2.49. The van der Waals surface area contributed by atoms with Crippen LogP contribution in [0.15, 0.2) is 121 Å². The van der Waals surface area contributed by atoms with Crippen molar-refractivity contribution in [2.45, 2.75) is 190 Å². The third-order valence-corrected chi connectivity index (χ3v) is 16.0. The lowest BCUT2D eigenvalue weighted by Crippen LogP contribution is -2.20. The van der Waals surface area contributed by atoms with E-state index in [1.54, 1.807) is 0 Å². The highest BCUT2D eigenvalue weighted by Gasteiger charge is 2.32. The Morgan fingerprint density at radius 3 is 0.746 bits per heavy atom. The SMILES string of the molecule is Cc1ccc(OP(Oc2ccc(C(C)(C)C)cc2C(C)(C)C)c2ccc(-c3ccc(P(Oc4ccc(C(C)(C)C)cc4C(C)(C)C)Oc4ccc(C(C)(C)C)cc4C(C)(C)C)cc3)cc2)c(C(C)(C)C)c1. The third kappa shape index (κ3) is 13.9. The molecule has 6 rings (SSSR count). The summed E-state index contributed by atoms with van der Waals surface area (Å²) in [5.74, 6) is 3.39. The van der Waals surface area contributed by atoms with Crippen molar-refractivity contribution in [1.29, 1.82) is 0 Å². The van der Waals surface area contributed by atoms with Crippen LogP contribution in [-0.2, 0) is 37.9 Å². The molecule has 6 aromatic rings. The Morgan fingerprint density at radius 2 is 0.507 bits per heavy atom. The van der Waals surface area contributed by atoms with E-state index in [2.05, 4.69) is 274 Å². The molecule has 6 aromatic carbocycles. The predicted molar refractivity (Wildman–Crippen MR) is 309 cm³/mol. The Kier molecular flexibility index (Phi) is 16.0. The molecule has 0 heterocycles. The number of hydrogen-bond acceptors (Lipinski definition) is 4. The summed E-state index contributed by atoms with van der Waals surface area (Å²) in [6.07, 6.45) is 0. The molecule has 0 aliphatic heterocycles. The van der Waals surface area contributed by atoms with E-state index in [4.69, 9.17) is 18.1 Å². The summed E-state index contributed by atoms with van der Waals surface area (Å²) in [5, 5.41) is 1.98. The quantitative estimate of drug-likeness (QED) is 0.121. The zero-order valence-electron chi connectivity index (χ0n) is 47.6. The van der Waals surface area contributed by atoms with Crippen molar-refractivity contribution in [2.75, 3.05) is 0 Å². The molecule has 0 radical (unpaired) electrons. The van der Waals surface area contributed by atoms with Crippen LogP contribution >= 0.6 is 16.8 Å². The molecule has 0 bridgehead atoms. The summed E-state index contributed by atoms with van der Waals surface area (Å²) in [5.41, 5.74) is 11.3. The summed E-state index contributed by atoms with van der Waals surface area (Å²) in [6.45, 7) is 49.5. The van der Waals surface area contributed by atoms with Gasteiger partial charge in [-0.2, -0.15) is 0 Å². The second-order valence-corrected chi connectivity index (χ2v) is 29.6. The molecule has 0 aromatic heterocycles. The Morgan fingerprint density at radius 1 is 0.268 bits per heavy atom. The standard InChI is InChI=1S/C65H86O4P2/c1-43-23-35-55(51(39-43)62(11,12)13)66-70(67-56-36-28-46(59(2,3)4)40-52(56)63(14,15)16)49-31-24-44(25-32-49)45-26-33-50(34-27-45)71(68-57-37-29-47(60(5,6)7)41-53(57)64(17,18)19)69-58-38-30-48(61(8,9)10)42-54(58)65(20,21)22/h23-42H,1-22H3. The van der Waals surface area contributed by atoms with Gasteiger partial charge in [0.05, 0.1) is 10.6 Å². The van der Waals surface area contributed by atoms with Crippen LogP contribution in [0.5, 0.6) is 23.0 Å². The molecular weight excluding hydrogens is 907 g/mol. The smallest absolute Gasteiger partial charge is 0.326 e. The number of aryl methyl sites for hydroxylation is 1. The molecule has 1 atom stereocenters. The molecular formula is C65H86O4P2. The van der Waals surface area contributed by atoms with E-state index >= 15 is 0 Å². The van der Waals surface area contributed by atoms with Gasteiger partial charge in [-0.05, 0) is 121 Å². The van der Waals surface area contributed by atoms with Crippen molar-refractivity contribution in [3.63, 3.8) is 0 Å². The average Bonchev–Trinajstić information content (AvgIpc) is 3.24. The Hall–Kier alpha value is -4.62. The monoisotopic (exact) mass is 993 g/mol. The number of hydrogen-bond donors (Lipinski definition) is 0. The highest BCUT2D eigenvalue weighted by molar-refractivity contribution is 7.57. The topological polar surface area (TPSA) is 36.9 Å². The van der Waals surface area contributed by atoms with Crippen LogP contribution in [0, 0.1) is 6.92 Å². The first-order valence-electron chi connectivity index (χ1n) is 25.6. The van der Waals surface area contributed by atoms with Crippen molar-refractivity contribution in [3.8, 4) is 34.1 Å². The minimum Gasteiger partial charge on any atom is -0.435 e. The summed E-state index contributed by atoms with van der Waals surface area (Å²) < 4.78 is 28.6. The van der Waals surface area contributed by atoms with E-state index in [1.807, 2.05) is 0 Å². The lowest BCUT2D eigenvalue weighted by Gasteiger charge is -2.30. The molecule has 0 saturated heterocycles. The second kappa shape index (κ2) is 20.4. The van der Waals surface area contributed by atoms with Gasteiger partial charge in [0.2, 0.25) is 0 Å². The first-order valence-corrected chi connectivity index (χ1v) is 27.9. The normalized spacial score (nSPS) is 13.6. The van der Waals surface area contributed by atoms with Crippen LogP contribution in [0.25, 0.3) is 11.1 Å². The molecule has 0 fully saturated rings. The van der Waals surface area contributed by atoms with Crippen LogP contribution < -0.4 is 28.7 Å². The number of benzene rings is 6. The molecule has 0 N–H and O–H groups in total. The molecule has 6 heteroatoms. The average molecular weight is 993 g/mol. The van der Waals surface area contributed by atoms with Gasteiger partial charge in [-0.25, -0.2) is 0 Å². The molecule has 380 valence electrons. The summed E-state index contributed by atoms with van der Waals surface area (Å²) >= 11 is 0. The van der Waals surface area contributed by atoms with E-state index in [1.165, 1.54) is 38.9 Å². The number of rotatable bonds is 11. The fraction of sp³-hybridized carbons (Fsp3) is 0.446. The fourth-order valence-corrected chi connectivity index (χ4v) is 11.1. The lowest BCUT2D eigenvalue weighted by atomic mass is 9.80. The van der Waals surface area contributed by atoms with E-state index < -0.39 is 16.8 Å². The van der Waals surface area contributed by atoms with Crippen molar-refractivity contribution in [3.05, 3.63) is 166 Å². The molecule has 4 nitrogen and oxygen atoms in total. The molecule has 0 aliphatic carbocycles. The van der Waals surface area contributed by atoms with Gasteiger partial charge in [-0.1, -0.05) is 224 Å². The van der Waals surface area contributed by atoms with E-state index in [0.717, 1.165) is 50.3 Å². The van der Waals surface area contributed by atoms with Crippen LogP contribution in [0.1, 0.15) is 190 Å². The largest absolute Gasteiger partial charge is 0.435 e. The van der Waals surface area contributed by atoms with Crippen LogP contribution in [0.3, 0.4) is 0 Å². The molecule has 71 heavy (non-hydrogen) atoms. The van der Waals surface area contributed by atoms with Gasteiger partial charge in [0.1, 0.15) is 23.0 Å². The molecule has 0 aliphatic rings. The van der Waals surface area contributed by atoms with E-state index in [0.29, 0.717) is 0 Å². The van der Waals surface area contributed by atoms with E-state index in [9.17, 15) is 0 Å². The maximum Gasteiger partial charge on any atom is 0.326 e. The van der Waals surface area contributed by atoms with Gasteiger partial charge < -0.3 is 18.1 Å². The second-order valence-electron chi connectivity index (χ2n) is 26.9. The van der Waals surface area contributed by atoms with Gasteiger partial charge in [-0.3, -0.25) is 0 Å². The third-order valence-electron chi connectivity index (χ3n) is 13.1. The summed E-state index contributed by atoms with van der Waals surface area (Å²) in [4.78, 5) is 0. The Bertz CT molecular complexity index is 2710. The van der Waals surface area contributed by atoms with Gasteiger partial charge >= 0.3 is 16.8 Å². The molecule has 1 unspecified atom stereocenters. The minimum absolute atomic E-state index is 0.00159. The lowest BCUT2D eigenvalue weighted by molar-refractivity contribution is 0.465. The van der Waals surface area contributed by atoms with Crippen molar-refractivity contribution in [1.82, 2.24) is 0 Å². The van der Waals surface area contributed by atoms with Gasteiger partial charge in [-0.15, -0.1) is 0 Å². The zero-order chi connectivity index (χ0) is 52.9. The first-order chi connectivity index (χ1) is 32.5. The van der Waals surface area contributed by atoms with E-state index in [-0.39, 0.29) is 37.9 Å². The van der Waals surface area contributed by atoms with Crippen LogP contribution in [0.4, 0.5) is 0 Å². The van der Waals surface area contributed by atoms with Crippen LogP contribution in [0.2, 0.25) is 0 Å². The molecule has 0 saturated carbocycles. The maximum absolute atomic E-state index is 7.19. The maximum atomic E-state index is 7.19. The van der Waals surface area contributed by atoms with Gasteiger partial charge in [0, 0.05) is 22.3 Å². The zero-order valence-corrected chi connectivity index (χ0v) is 49.4. The van der Waals surface area contributed by atoms with Gasteiger partial charge in [0.15, 0.2) is 0 Å². The predicted octanol–water partition coefficient (Wildman–Crippen LogP) is 18.9. The van der Waals surface area contributed by atoms with Crippen molar-refractivity contribution < 1.29 is 18.1 Å². The fourth-order valence-electron chi connectivity index (χ4n) is 8.45. The van der Waals surface area contributed by atoms with Crippen molar-refractivity contribution in [2.24, 2.45) is 0 Å². The molecule has 0 spiro atoms. The summed E-state index contributed by atoms with van der Waals surface area (Å²) in [7, 11) is -3.22. The Labute approximate surface area is 433 Å². The first kappa shape index (κ1) is 55.7. The van der Waals surface area contributed by atoms with Crippen molar-refractivity contribution >= 4 is 27.4 Å². The highest BCUT2D eigenvalue weighted by atomic mass is 31.2. The van der Waals surface area contributed by atoms with Crippen LogP contribution in [-0.4, -0.2) is 0 Å². The Balaban J connectivity index is 1.41. The van der Waals surface area contributed by atoms with Gasteiger partial charge in [0.25, 0.3) is 0 Å². The minimum atomic E-state index is -1.62. The summed E-state index contributed by atoms with van der Waals surface area (Å²) in [6, 6.07) is 44.0.